The lowest BCUT2D eigenvalue weighted by atomic mass is 10.2. The highest BCUT2D eigenvalue weighted by Crippen LogP contribution is 2.13. The fourth-order valence-corrected chi connectivity index (χ4v) is 1.11. The summed E-state index contributed by atoms with van der Waals surface area (Å²) < 4.78 is 35.5. The Balaban J connectivity index is 2.56. The van der Waals surface area contributed by atoms with Crippen LogP contribution in [0.4, 0.5) is 13.2 Å². The van der Waals surface area contributed by atoms with Crippen molar-refractivity contribution in [3.63, 3.8) is 0 Å². The van der Waals surface area contributed by atoms with E-state index < -0.39 is 18.1 Å². The molecule has 1 heterocycles. The van der Waals surface area contributed by atoms with Crippen LogP contribution in [0, 0.1) is 0 Å². The Morgan fingerprint density at radius 3 is 2.63 bits per heavy atom. The van der Waals surface area contributed by atoms with E-state index in [0.717, 1.165) is 6.20 Å². The molecular weight excluding hydrogens is 265 g/mol. The summed E-state index contributed by atoms with van der Waals surface area (Å²) in [6, 6.07) is 1.30. The van der Waals surface area contributed by atoms with Crippen molar-refractivity contribution in [1.82, 2.24) is 10.3 Å². The lowest BCUT2D eigenvalue weighted by Crippen LogP contribution is -2.36. The van der Waals surface area contributed by atoms with Crippen LogP contribution in [0.3, 0.4) is 0 Å². The normalized spacial score (nSPS) is 11.5. The summed E-state index contributed by atoms with van der Waals surface area (Å²) in [6.07, 6.45) is 0.181. The molecular formula is C11H9F3N2O3. The number of hydrogen-bond acceptors (Lipinski definition) is 3. The molecule has 1 rings (SSSR count). The Hall–Kier alpha value is -2.38. The molecule has 8 heteroatoms. The second-order valence-corrected chi connectivity index (χ2v) is 3.42. The first-order chi connectivity index (χ1) is 8.80. The fourth-order valence-electron chi connectivity index (χ4n) is 1.11. The maximum atomic E-state index is 11.8. The zero-order chi connectivity index (χ0) is 14.5. The van der Waals surface area contributed by atoms with Crippen molar-refractivity contribution in [2.45, 2.75) is 6.18 Å². The molecule has 5 nitrogen and oxygen atoms in total. The zero-order valence-corrected chi connectivity index (χ0v) is 9.44. The Morgan fingerprint density at radius 1 is 1.37 bits per heavy atom. The number of alkyl halides is 3. The Morgan fingerprint density at radius 2 is 2.05 bits per heavy atom. The molecule has 1 amide bonds. The van der Waals surface area contributed by atoms with E-state index in [0.29, 0.717) is 5.56 Å². The van der Waals surface area contributed by atoms with Crippen molar-refractivity contribution in [2.75, 3.05) is 6.54 Å². The summed E-state index contributed by atoms with van der Waals surface area (Å²) in [5.41, 5.74) is 0.364. The van der Waals surface area contributed by atoms with Crippen LogP contribution in [-0.4, -0.2) is 34.7 Å². The molecule has 0 saturated heterocycles. The van der Waals surface area contributed by atoms with Gasteiger partial charge in [-0.2, -0.15) is 13.2 Å². The molecule has 0 aliphatic carbocycles. The summed E-state index contributed by atoms with van der Waals surface area (Å²) in [6.45, 7) is -0.324. The molecule has 0 bridgehead atoms. The minimum absolute atomic E-state index is 0.0403. The second kappa shape index (κ2) is 5.98. The van der Waals surface area contributed by atoms with E-state index in [1.165, 1.54) is 24.4 Å². The number of aromatic nitrogens is 1. The lowest BCUT2D eigenvalue weighted by molar-refractivity contribution is -0.173. The Kier molecular flexibility index (Phi) is 4.62. The van der Waals surface area contributed by atoms with E-state index >= 15 is 0 Å². The van der Waals surface area contributed by atoms with Crippen molar-refractivity contribution in [2.24, 2.45) is 0 Å². The standard InChI is InChI=1S/C11H9F3N2O3/c12-11(13,14)10(19)16-3-1-2-7-4-8(9(17)18)6-15-5-7/h1-2,4-6H,3H2,(H,16,19)(H,17,18)/b2-1+. The predicted octanol–water partition coefficient (Wildman–Crippen LogP) is 1.47. The fraction of sp³-hybridized carbons (Fsp3) is 0.182. The number of carboxylic acid groups (broad SMARTS) is 1. The molecule has 2 N–H and O–H groups in total. The van der Waals surface area contributed by atoms with E-state index in [9.17, 15) is 22.8 Å². The minimum Gasteiger partial charge on any atom is -0.478 e. The Bertz CT molecular complexity index is 512. The van der Waals surface area contributed by atoms with Crippen molar-refractivity contribution >= 4 is 18.0 Å². The number of carboxylic acids is 1. The van der Waals surface area contributed by atoms with Crippen molar-refractivity contribution < 1.29 is 27.9 Å². The van der Waals surface area contributed by atoms with Crippen LogP contribution < -0.4 is 5.32 Å². The number of nitrogens with zero attached hydrogens (tertiary/aromatic N) is 1. The van der Waals surface area contributed by atoms with Gasteiger partial charge < -0.3 is 10.4 Å². The molecule has 0 spiro atoms. The van der Waals surface area contributed by atoms with Gasteiger partial charge in [0.25, 0.3) is 0 Å². The van der Waals surface area contributed by atoms with E-state index in [1.807, 2.05) is 0 Å². The van der Waals surface area contributed by atoms with E-state index in [-0.39, 0.29) is 12.1 Å². The molecule has 0 unspecified atom stereocenters. The first kappa shape index (κ1) is 14.7. The van der Waals surface area contributed by atoms with Crippen LogP contribution >= 0.6 is 0 Å². The summed E-state index contributed by atoms with van der Waals surface area (Å²) in [5, 5.41) is 10.3. The van der Waals surface area contributed by atoms with Gasteiger partial charge in [0.15, 0.2) is 0 Å². The average Bonchev–Trinajstić information content (AvgIpc) is 2.33. The summed E-state index contributed by atoms with van der Waals surface area (Å²) in [4.78, 5) is 24.8. The number of amides is 1. The van der Waals surface area contributed by atoms with Gasteiger partial charge in [-0.25, -0.2) is 4.79 Å². The molecule has 0 fully saturated rings. The molecule has 0 aromatic carbocycles. The molecule has 1 aromatic rings. The van der Waals surface area contributed by atoms with Crippen LogP contribution in [0.25, 0.3) is 6.08 Å². The average molecular weight is 274 g/mol. The van der Waals surface area contributed by atoms with Gasteiger partial charge in [-0.3, -0.25) is 9.78 Å². The number of carbonyl (C=O) groups is 2. The van der Waals surface area contributed by atoms with Crippen molar-refractivity contribution in [1.29, 1.82) is 0 Å². The number of carbonyl (C=O) groups excluding carboxylic acids is 1. The molecule has 0 radical (unpaired) electrons. The second-order valence-electron chi connectivity index (χ2n) is 3.42. The van der Waals surface area contributed by atoms with Gasteiger partial charge in [0, 0.05) is 18.9 Å². The lowest BCUT2D eigenvalue weighted by Gasteiger charge is -2.04. The van der Waals surface area contributed by atoms with Gasteiger partial charge >= 0.3 is 18.1 Å². The van der Waals surface area contributed by atoms with E-state index in [2.05, 4.69) is 4.98 Å². The number of aromatic carboxylic acids is 1. The number of nitrogens with one attached hydrogen (secondary N) is 1. The van der Waals surface area contributed by atoms with E-state index in [1.54, 1.807) is 5.32 Å². The van der Waals surface area contributed by atoms with Crippen molar-refractivity contribution in [3.8, 4) is 0 Å². The highest BCUT2D eigenvalue weighted by Gasteiger charge is 2.37. The summed E-state index contributed by atoms with van der Waals surface area (Å²) in [7, 11) is 0. The van der Waals surface area contributed by atoms with Gasteiger partial charge in [-0.1, -0.05) is 12.2 Å². The van der Waals surface area contributed by atoms with Crippen LogP contribution in [0.5, 0.6) is 0 Å². The number of pyridine rings is 1. The summed E-state index contributed by atoms with van der Waals surface area (Å²) in [5.74, 6) is -3.19. The van der Waals surface area contributed by atoms with Crippen LogP contribution in [0.2, 0.25) is 0 Å². The quantitative estimate of drug-likeness (QED) is 0.871. The van der Waals surface area contributed by atoms with Crippen molar-refractivity contribution in [3.05, 3.63) is 35.7 Å². The summed E-state index contributed by atoms with van der Waals surface area (Å²) >= 11 is 0. The molecule has 1 aromatic heterocycles. The third-order valence-corrected chi connectivity index (χ3v) is 1.95. The van der Waals surface area contributed by atoms with Crippen LogP contribution in [0.1, 0.15) is 15.9 Å². The van der Waals surface area contributed by atoms with Gasteiger partial charge in [0.2, 0.25) is 0 Å². The third-order valence-electron chi connectivity index (χ3n) is 1.95. The van der Waals surface area contributed by atoms with Gasteiger partial charge in [-0.15, -0.1) is 0 Å². The molecule has 19 heavy (non-hydrogen) atoms. The zero-order valence-electron chi connectivity index (χ0n) is 9.44. The molecule has 0 saturated carbocycles. The maximum Gasteiger partial charge on any atom is 0.471 e. The topological polar surface area (TPSA) is 79.3 Å². The molecule has 0 atom stereocenters. The highest BCUT2D eigenvalue weighted by atomic mass is 19.4. The number of halogens is 3. The van der Waals surface area contributed by atoms with Gasteiger partial charge in [0.05, 0.1) is 5.56 Å². The first-order valence-corrected chi connectivity index (χ1v) is 5.00. The van der Waals surface area contributed by atoms with Gasteiger partial charge in [-0.05, 0) is 11.6 Å². The largest absolute Gasteiger partial charge is 0.478 e. The molecule has 102 valence electrons. The van der Waals surface area contributed by atoms with Crippen LogP contribution in [-0.2, 0) is 4.79 Å². The maximum absolute atomic E-state index is 11.8. The van der Waals surface area contributed by atoms with Gasteiger partial charge in [0.1, 0.15) is 0 Å². The third kappa shape index (κ3) is 4.78. The monoisotopic (exact) mass is 274 g/mol. The molecule has 0 aliphatic heterocycles. The Labute approximate surface area is 105 Å². The number of hydrogen-bond donors (Lipinski definition) is 2. The number of rotatable bonds is 4. The SMILES string of the molecule is O=C(O)c1cncc(/C=C/CNC(=O)C(F)(F)F)c1. The van der Waals surface area contributed by atoms with E-state index in [4.69, 9.17) is 5.11 Å². The van der Waals surface area contributed by atoms with Crippen LogP contribution in [0.15, 0.2) is 24.5 Å². The minimum atomic E-state index is -4.92. The smallest absolute Gasteiger partial charge is 0.471 e. The highest BCUT2D eigenvalue weighted by molar-refractivity contribution is 5.87. The predicted molar refractivity (Wildman–Crippen MR) is 59.3 cm³/mol. The molecule has 0 aliphatic rings. The first-order valence-electron chi connectivity index (χ1n) is 5.00.